The van der Waals surface area contributed by atoms with Crippen molar-refractivity contribution in [2.24, 2.45) is 0 Å². The molecular formula is C13H15NS. The van der Waals surface area contributed by atoms with Crippen LogP contribution in [-0.2, 0) is 0 Å². The van der Waals surface area contributed by atoms with Crippen LogP contribution in [0, 0.1) is 13.8 Å². The summed E-state index contributed by atoms with van der Waals surface area (Å²) in [6.07, 6.45) is 2.13. The van der Waals surface area contributed by atoms with Gasteiger partial charge in [-0.05, 0) is 43.9 Å². The Morgan fingerprint density at radius 1 is 1.07 bits per heavy atom. The minimum atomic E-state index is 1.24. The van der Waals surface area contributed by atoms with Crippen molar-refractivity contribution < 1.29 is 0 Å². The Labute approximate surface area is 95.1 Å². The number of hydrogen-bond donors (Lipinski definition) is 0. The number of benzene rings is 1. The fraction of sp³-hybridized carbons (Fsp3) is 0.231. The van der Waals surface area contributed by atoms with Crippen LogP contribution >= 0.6 is 11.8 Å². The zero-order chi connectivity index (χ0) is 10.8. The highest BCUT2D eigenvalue weighted by Gasteiger charge is 2.09. The van der Waals surface area contributed by atoms with Crippen LogP contribution in [0.1, 0.15) is 11.3 Å². The maximum Gasteiger partial charge on any atom is 0.0823 e. The Hall–Kier alpha value is -1.15. The van der Waals surface area contributed by atoms with Crippen LogP contribution in [0.25, 0.3) is 5.69 Å². The molecule has 0 radical (unpaired) electrons. The van der Waals surface area contributed by atoms with Crippen molar-refractivity contribution in [2.45, 2.75) is 18.9 Å². The molecule has 1 aromatic carbocycles. The van der Waals surface area contributed by atoms with Crippen LogP contribution < -0.4 is 0 Å². The van der Waals surface area contributed by atoms with Crippen molar-refractivity contribution in [1.82, 2.24) is 4.57 Å². The molecule has 0 aliphatic heterocycles. The molecule has 1 nitrogen and oxygen atoms in total. The van der Waals surface area contributed by atoms with E-state index in [1.807, 2.05) is 6.07 Å². The minimum Gasteiger partial charge on any atom is -0.309 e. The quantitative estimate of drug-likeness (QED) is 0.692. The normalized spacial score (nSPS) is 10.6. The molecule has 0 saturated heterocycles. The summed E-state index contributed by atoms with van der Waals surface area (Å²) >= 11 is 1.80. The lowest BCUT2D eigenvalue weighted by Crippen LogP contribution is -1.97. The summed E-state index contributed by atoms with van der Waals surface area (Å²) in [4.78, 5) is 0. The number of thioether (sulfide) groups is 1. The Bertz CT molecular complexity index is 457. The lowest BCUT2D eigenvalue weighted by Gasteiger charge is -2.10. The summed E-state index contributed by atoms with van der Waals surface area (Å²) in [7, 11) is 0. The third-order valence-corrected chi connectivity index (χ3v) is 3.42. The highest BCUT2D eigenvalue weighted by atomic mass is 32.2. The maximum atomic E-state index is 2.31. The molecule has 0 amide bonds. The largest absolute Gasteiger partial charge is 0.309 e. The standard InChI is InChI=1S/C13H15NS/c1-10-9-11(2)14(13(10)15-3)12-7-5-4-6-8-12/h4-9H,1-3H3. The van der Waals surface area contributed by atoms with Gasteiger partial charge < -0.3 is 4.57 Å². The summed E-state index contributed by atoms with van der Waals surface area (Å²) in [6, 6.07) is 12.7. The van der Waals surface area contributed by atoms with Crippen molar-refractivity contribution in [3.8, 4) is 5.69 Å². The number of nitrogens with zero attached hydrogens (tertiary/aromatic N) is 1. The van der Waals surface area contributed by atoms with E-state index in [1.165, 1.54) is 22.0 Å². The van der Waals surface area contributed by atoms with Gasteiger partial charge in [0.25, 0.3) is 0 Å². The molecule has 78 valence electrons. The third kappa shape index (κ3) is 1.82. The molecule has 0 atom stereocenters. The number of para-hydroxylation sites is 1. The summed E-state index contributed by atoms with van der Waals surface area (Å²) in [5.41, 5.74) is 3.89. The lowest BCUT2D eigenvalue weighted by atomic mass is 10.3. The van der Waals surface area contributed by atoms with Crippen molar-refractivity contribution in [3.05, 3.63) is 47.7 Å². The van der Waals surface area contributed by atoms with E-state index in [4.69, 9.17) is 0 Å². The smallest absolute Gasteiger partial charge is 0.0823 e. The first-order valence-electron chi connectivity index (χ1n) is 5.02. The summed E-state index contributed by atoms with van der Waals surface area (Å²) < 4.78 is 2.31. The molecule has 1 aromatic heterocycles. The van der Waals surface area contributed by atoms with Crippen molar-refractivity contribution in [2.75, 3.05) is 6.26 Å². The SMILES string of the molecule is CSc1c(C)cc(C)n1-c1ccccc1. The van der Waals surface area contributed by atoms with Gasteiger partial charge in [0.05, 0.1) is 5.03 Å². The van der Waals surface area contributed by atoms with Gasteiger partial charge in [0.1, 0.15) is 0 Å². The van der Waals surface area contributed by atoms with E-state index in [9.17, 15) is 0 Å². The molecule has 2 aromatic rings. The van der Waals surface area contributed by atoms with E-state index < -0.39 is 0 Å². The van der Waals surface area contributed by atoms with Gasteiger partial charge in [-0.15, -0.1) is 11.8 Å². The van der Waals surface area contributed by atoms with Gasteiger partial charge in [-0.1, -0.05) is 18.2 Å². The molecule has 1 heterocycles. The molecule has 0 saturated carbocycles. The van der Waals surface area contributed by atoms with Crippen molar-refractivity contribution in [1.29, 1.82) is 0 Å². The monoisotopic (exact) mass is 217 g/mol. The first-order valence-corrected chi connectivity index (χ1v) is 6.25. The Kier molecular flexibility index (Phi) is 2.87. The average molecular weight is 217 g/mol. The minimum absolute atomic E-state index is 1.24. The second kappa shape index (κ2) is 4.15. The molecule has 0 N–H and O–H groups in total. The molecule has 0 fully saturated rings. The number of aromatic nitrogens is 1. The van der Waals surface area contributed by atoms with Crippen LogP contribution in [0.15, 0.2) is 41.4 Å². The van der Waals surface area contributed by atoms with Gasteiger partial charge in [-0.2, -0.15) is 0 Å². The summed E-state index contributed by atoms with van der Waals surface area (Å²) in [5.74, 6) is 0. The molecule has 0 bridgehead atoms. The van der Waals surface area contributed by atoms with Crippen molar-refractivity contribution in [3.63, 3.8) is 0 Å². The number of aryl methyl sites for hydroxylation is 2. The molecular weight excluding hydrogens is 202 g/mol. The van der Waals surface area contributed by atoms with E-state index in [0.29, 0.717) is 0 Å². The zero-order valence-electron chi connectivity index (χ0n) is 9.32. The lowest BCUT2D eigenvalue weighted by molar-refractivity contribution is 0.905. The van der Waals surface area contributed by atoms with Crippen LogP contribution in [0.4, 0.5) is 0 Å². The first kappa shape index (κ1) is 10.4. The molecule has 15 heavy (non-hydrogen) atoms. The highest BCUT2D eigenvalue weighted by Crippen LogP contribution is 2.27. The second-order valence-corrected chi connectivity index (χ2v) is 4.44. The topological polar surface area (TPSA) is 4.93 Å². The van der Waals surface area contributed by atoms with Crippen LogP contribution in [0.3, 0.4) is 0 Å². The Morgan fingerprint density at radius 3 is 2.33 bits per heavy atom. The van der Waals surface area contributed by atoms with Crippen LogP contribution in [0.2, 0.25) is 0 Å². The number of rotatable bonds is 2. The van der Waals surface area contributed by atoms with Gasteiger partial charge in [-0.3, -0.25) is 0 Å². The molecule has 0 spiro atoms. The molecule has 0 unspecified atom stereocenters. The van der Waals surface area contributed by atoms with E-state index >= 15 is 0 Å². The second-order valence-electron chi connectivity index (χ2n) is 3.65. The molecule has 2 rings (SSSR count). The van der Waals surface area contributed by atoms with Crippen LogP contribution in [0.5, 0.6) is 0 Å². The van der Waals surface area contributed by atoms with Gasteiger partial charge in [0.2, 0.25) is 0 Å². The third-order valence-electron chi connectivity index (χ3n) is 2.53. The Balaban J connectivity index is 2.62. The predicted octanol–water partition coefficient (Wildman–Crippen LogP) is 3.82. The molecule has 0 aliphatic carbocycles. The van der Waals surface area contributed by atoms with Gasteiger partial charge in [-0.25, -0.2) is 0 Å². The zero-order valence-corrected chi connectivity index (χ0v) is 10.1. The average Bonchev–Trinajstić information content (AvgIpc) is 2.54. The molecule has 0 aliphatic rings. The summed E-state index contributed by atoms with van der Waals surface area (Å²) in [5, 5.41) is 1.33. The van der Waals surface area contributed by atoms with E-state index in [1.54, 1.807) is 11.8 Å². The van der Waals surface area contributed by atoms with Gasteiger partial charge in [0.15, 0.2) is 0 Å². The highest BCUT2D eigenvalue weighted by molar-refractivity contribution is 7.98. The fourth-order valence-electron chi connectivity index (χ4n) is 1.93. The first-order chi connectivity index (χ1) is 7.24. The van der Waals surface area contributed by atoms with Crippen molar-refractivity contribution >= 4 is 11.8 Å². The Morgan fingerprint density at radius 2 is 1.73 bits per heavy atom. The fourth-order valence-corrected chi connectivity index (χ4v) is 2.74. The maximum absolute atomic E-state index is 2.31. The van der Waals surface area contributed by atoms with Gasteiger partial charge >= 0.3 is 0 Å². The van der Waals surface area contributed by atoms with Gasteiger partial charge in [0, 0.05) is 11.4 Å². The van der Waals surface area contributed by atoms with Crippen LogP contribution in [-0.4, -0.2) is 10.8 Å². The summed E-state index contributed by atoms with van der Waals surface area (Å²) in [6.45, 7) is 4.32. The molecule has 2 heteroatoms. The van der Waals surface area contributed by atoms with E-state index in [-0.39, 0.29) is 0 Å². The van der Waals surface area contributed by atoms with E-state index in [2.05, 4.69) is 55.0 Å². The predicted molar refractivity (Wildman–Crippen MR) is 67.0 cm³/mol. The van der Waals surface area contributed by atoms with E-state index in [0.717, 1.165) is 0 Å². The number of hydrogen-bond acceptors (Lipinski definition) is 1.